The standard InChI is InChI=1S/C22H26Cl2N2O3S2/c1-16-7-9-18(10-8-16)31(28,29)26-12-3-4-17(14-26)22(27)25-11-13-30-15-19-20(23)5-2-6-21(19)24/h2,5-10,17H,3-4,11-15H2,1H3,(H,25,27)/t17-/m1/s1. The maximum atomic E-state index is 12.9. The number of hydrogen-bond donors (Lipinski definition) is 1. The smallest absolute Gasteiger partial charge is 0.243 e. The van der Waals surface area contributed by atoms with Gasteiger partial charge in [-0.05, 0) is 49.6 Å². The first-order chi connectivity index (χ1) is 14.8. The number of carbonyl (C=O) groups is 1. The molecule has 2 aromatic rings. The van der Waals surface area contributed by atoms with E-state index in [4.69, 9.17) is 23.2 Å². The monoisotopic (exact) mass is 500 g/mol. The molecule has 0 bridgehead atoms. The van der Waals surface area contributed by atoms with Crippen molar-refractivity contribution in [3.8, 4) is 0 Å². The van der Waals surface area contributed by atoms with E-state index in [1.807, 2.05) is 25.1 Å². The molecular weight excluding hydrogens is 475 g/mol. The van der Waals surface area contributed by atoms with Crippen molar-refractivity contribution in [1.82, 2.24) is 9.62 Å². The number of sulfonamides is 1. The maximum absolute atomic E-state index is 12.9. The number of piperidine rings is 1. The molecule has 5 nitrogen and oxygen atoms in total. The van der Waals surface area contributed by atoms with Crippen molar-refractivity contribution >= 4 is 50.9 Å². The SMILES string of the molecule is Cc1ccc(S(=O)(=O)N2CCC[C@@H](C(=O)NCCSCc3c(Cl)cccc3Cl)C2)cc1. The molecule has 1 aliphatic heterocycles. The first-order valence-electron chi connectivity index (χ1n) is 10.1. The lowest BCUT2D eigenvalue weighted by molar-refractivity contribution is -0.125. The van der Waals surface area contributed by atoms with E-state index in [2.05, 4.69) is 5.32 Å². The van der Waals surface area contributed by atoms with E-state index in [-0.39, 0.29) is 23.3 Å². The second kappa shape index (κ2) is 11.1. The number of aryl methyl sites for hydroxylation is 1. The molecule has 0 spiro atoms. The number of nitrogens with one attached hydrogen (secondary N) is 1. The van der Waals surface area contributed by atoms with Crippen molar-refractivity contribution in [3.05, 3.63) is 63.6 Å². The average Bonchev–Trinajstić information content (AvgIpc) is 2.75. The zero-order chi connectivity index (χ0) is 22.4. The zero-order valence-electron chi connectivity index (χ0n) is 17.3. The molecule has 2 aromatic carbocycles. The van der Waals surface area contributed by atoms with E-state index in [0.717, 1.165) is 11.1 Å². The van der Waals surface area contributed by atoms with Crippen LogP contribution in [0.5, 0.6) is 0 Å². The predicted molar refractivity (Wildman–Crippen MR) is 128 cm³/mol. The molecule has 1 aliphatic rings. The normalized spacial score (nSPS) is 17.5. The Morgan fingerprint density at radius 3 is 2.52 bits per heavy atom. The molecule has 31 heavy (non-hydrogen) atoms. The first-order valence-corrected chi connectivity index (χ1v) is 13.5. The molecule has 1 saturated heterocycles. The Kier molecular flexibility index (Phi) is 8.70. The Balaban J connectivity index is 1.48. The fourth-order valence-corrected chi connectivity index (χ4v) is 6.59. The lowest BCUT2D eigenvalue weighted by atomic mass is 9.99. The molecule has 0 aromatic heterocycles. The van der Waals surface area contributed by atoms with Gasteiger partial charge >= 0.3 is 0 Å². The van der Waals surface area contributed by atoms with Crippen LogP contribution >= 0.6 is 35.0 Å². The molecule has 1 N–H and O–H groups in total. The van der Waals surface area contributed by atoms with Crippen molar-refractivity contribution < 1.29 is 13.2 Å². The summed E-state index contributed by atoms with van der Waals surface area (Å²) in [7, 11) is -3.59. The second-order valence-electron chi connectivity index (χ2n) is 7.56. The number of thioether (sulfide) groups is 1. The summed E-state index contributed by atoms with van der Waals surface area (Å²) in [4.78, 5) is 12.9. The van der Waals surface area contributed by atoms with Crippen molar-refractivity contribution in [2.45, 2.75) is 30.4 Å². The molecule has 1 atom stereocenters. The van der Waals surface area contributed by atoms with Gasteiger partial charge in [0.2, 0.25) is 15.9 Å². The summed E-state index contributed by atoms with van der Waals surface area (Å²) in [6.45, 7) is 3.07. The highest BCUT2D eigenvalue weighted by Crippen LogP contribution is 2.28. The van der Waals surface area contributed by atoms with Crippen LogP contribution in [0.2, 0.25) is 10.0 Å². The summed E-state index contributed by atoms with van der Waals surface area (Å²) in [5.41, 5.74) is 1.90. The number of benzene rings is 2. The van der Waals surface area contributed by atoms with Gasteiger partial charge in [0.15, 0.2) is 0 Å². The van der Waals surface area contributed by atoms with Gasteiger partial charge in [0.25, 0.3) is 0 Å². The predicted octanol–water partition coefficient (Wildman–Crippen LogP) is 4.75. The van der Waals surface area contributed by atoms with Crippen LogP contribution in [0.3, 0.4) is 0 Å². The highest BCUT2D eigenvalue weighted by molar-refractivity contribution is 7.98. The molecule has 1 fully saturated rings. The number of carbonyl (C=O) groups excluding carboxylic acids is 1. The van der Waals surface area contributed by atoms with Crippen molar-refractivity contribution in [2.24, 2.45) is 5.92 Å². The van der Waals surface area contributed by atoms with Gasteiger partial charge in [-0.3, -0.25) is 4.79 Å². The minimum Gasteiger partial charge on any atom is -0.355 e. The molecule has 1 heterocycles. The third-order valence-electron chi connectivity index (χ3n) is 5.27. The highest BCUT2D eigenvalue weighted by atomic mass is 35.5. The van der Waals surface area contributed by atoms with E-state index < -0.39 is 10.0 Å². The van der Waals surface area contributed by atoms with Gasteiger partial charge in [-0.2, -0.15) is 16.1 Å². The molecule has 168 valence electrons. The second-order valence-corrected chi connectivity index (χ2v) is 11.4. The minimum atomic E-state index is -3.59. The van der Waals surface area contributed by atoms with Crippen LogP contribution in [0.4, 0.5) is 0 Å². The summed E-state index contributed by atoms with van der Waals surface area (Å²) < 4.78 is 27.3. The quantitative estimate of drug-likeness (QED) is 0.530. The summed E-state index contributed by atoms with van der Waals surface area (Å²) >= 11 is 14.0. The van der Waals surface area contributed by atoms with Gasteiger partial charge < -0.3 is 5.32 Å². The number of amides is 1. The molecule has 0 unspecified atom stereocenters. The van der Waals surface area contributed by atoms with Crippen LogP contribution in [0.25, 0.3) is 0 Å². The summed E-state index contributed by atoms with van der Waals surface area (Å²) in [5, 5.41) is 4.22. The third kappa shape index (κ3) is 6.39. The van der Waals surface area contributed by atoms with Crippen LogP contribution in [0, 0.1) is 12.8 Å². The number of nitrogens with zero attached hydrogens (tertiary/aromatic N) is 1. The molecule has 9 heteroatoms. The van der Waals surface area contributed by atoms with Gasteiger partial charge in [-0.15, -0.1) is 0 Å². The third-order valence-corrected chi connectivity index (χ3v) is 8.84. The fraction of sp³-hybridized carbons (Fsp3) is 0.409. The van der Waals surface area contributed by atoms with Crippen LogP contribution in [-0.2, 0) is 20.6 Å². The number of hydrogen-bond acceptors (Lipinski definition) is 4. The van der Waals surface area contributed by atoms with Gasteiger partial charge in [-0.25, -0.2) is 8.42 Å². The summed E-state index contributed by atoms with van der Waals surface area (Å²) in [5.74, 6) is 0.948. The van der Waals surface area contributed by atoms with E-state index in [1.54, 1.807) is 36.0 Å². The van der Waals surface area contributed by atoms with Gasteiger partial charge in [0, 0.05) is 41.2 Å². The Bertz CT molecular complexity index is 994. The Hall–Kier alpha value is -1.25. The van der Waals surface area contributed by atoms with Crippen LogP contribution in [-0.4, -0.2) is 44.0 Å². The summed E-state index contributed by atoms with van der Waals surface area (Å²) in [6.07, 6.45) is 1.36. The topological polar surface area (TPSA) is 66.5 Å². The molecular formula is C22H26Cl2N2O3S2. The van der Waals surface area contributed by atoms with Gasteiger partial charge in [-0.1, -0.05) is 47.0 Å². The van der Waals surface area contributed by atoms with Crippen LogP contribution in [0.15, 0.2) is 47.4 Å². The minimum absolute atomic E-state index is 0.0971. The first kappa shape index (κ1) is 24.4. The number of rotatable bonds is 8. The Labute approximate surface area is 198 Å². The zero-order valence-corrected chi connectivity index (χ0v) is 20.5. The Morgan fingerprint density at radius 1 is 1.16 bits per heavy atom. The summed E-state index contributed by atoms with van der Waals surface area (Å²) in [6, 6.07) is 12.2. The Morgan fingerprint density at radius 2 is 1.84 bits per heavy atom. The highest BCUT2D eigenvalue weighted by Gasteiger charge is 2.33. The van der Waals surface area contributed by atoms with Crippen molar-refractivity contribution in [3.63, 3.8) is 0 Å². The van der Waals surface area contributed by atoms with E-state index in [9.17, 15) is 13.2 Å². The van der Waals surface area contributed by atoms with E-state index in [0.29, 0.717) is 47.5 Å². The van der Waals surface area contributed by atoms with Gasteiger partial charge in [0.05, 0.1) is 10.8 Å². The maximum Gasteiger partial charge on any atom is 0.243 e. The molecule has 0 aliphatic carbocycles. The van der Waals surface area contributed by atoms with E-state index >= 15 is 0 Å². The van der Waals surface area contributed by atoms with Crippen LogP contribution in [0.1, 0.15) is 24.0 Å². The number of halogens is 2. The molecule has 0 radical (unpaired) electrons. The molecule has 1 amide bonds. The van der Waals surface area contributed by atoms with Gasteiger partial charge in [0.1, 0.15) is 0 Å². The lowest BCUT2D eigenvalue weighted by Crippen LogP contribution is -2.45. The van der Waals surface area contributed by atoms with Crippen molar-refractivity contribution in [1.29, 1.82) is 0 Å². The molecule has 0 saturated carbocycles. The average molecular weight is 502 g/mol. The largest absolute Gasteiger partial charge is 0.355 e. The lowest BCUT2D eigenvalue weighted by Gasteiger charge is -2.31. The van der Waals surface area contributed by atoms with Crippen LogP contribution < -0.4 is 5.32 Å². The van der Waals surface area contributed by atoms with Crippen molar-refractivity contribution in [2.75, 3.05) is 25.4 Å². The fourth-order valence-electron chi connectivity index (χ4n) is 3.47. The van der Waals surface area contributed by atoms with E-state index in [1.165, 1.54) is 4.31 Å². The molecule has 3 rings (SSSR count).